The first-order valence-corrected chi connectivity index (χ1v) is 8.35. The molecule has 2 rings (SSSR count). The van der Waals surface area contributed by atoms with Crippen LogP contribution in [0.25, 0.3) is 0 Å². The molecule has 2 N–H and O–H groups in total. The standard InChI is InChI=1S/C19H23ClN2O2/c1-13(2)24-16-9-7-15(8-10-16)11-22-19(23)12-21-18-6-4-5-17(20)14(18)3/h4-10,13,21H,11-12H2,1-3H3,(H,22,23). The summed E-state index contributed by atoms with van der Waals surface area (Å²) < 4.78 is 5.60. The lowest BCUT2D eigenvalue weighted by molar-refractivity contribution is -0.119. The molecule has 128 valence electrons. The van der Waals surface area contributed by atoms with Gasteiger partial charge in [0.15, 0.2) is 0 Å². The van der Waals surface area contributed by atoms with E-state index in [0.29, 0.717) is 11.6 Å². The summed E-state index contributed by atoms with van der Waals surface area (Å²) in [4.78, 5) is 12.0. The van der Waals surface area contributed by atoms with E-state index in [1.54, 1.807) is 0 Å². The second-order valence-corrected chi connectivity index (χ2v) is 6.26. The van der Waals surface area contributed by atoms with Gasteiger partial charge in [0.05, 0.1) is 12.6 Å². The molecule has 4 nitrogen and oxygen atoms in total. The van der Waals surface area contributed by atoms with Crippen molar-refractivity contribution in [3.8, 4) is 5.75 Å². The lowest BCUT2D eigenvalue weighted by Gasteiger charge is -2.12. The molecule has 0 saturated heterocycles. The number of carbonyl (C=O) groups is 1. The van der Waals surface area contributed by atoms with Crippen LogP contribution in [0, 0.1) is 6.92 Å². The van der Waals surface area contributed by atoms with Crippen LogP contribution in [-0.4, -0.2) is 18.6 Å². The summed E-state index contributed by atoms with van der Waals surface area (Å²) in [6.45, 7) is 6.58. The number of benzene rings is 2. The number of hydrogen-bond acceptors (Lipinski definition) is 3. The molecule has 24 heavy (non-hydrogen) atoms. The number of hydrogen-bond donors (Lipinski definition) is 2. The first kappa shape index (κ1) is 18.1. The van der Waals surface area contributed by atoms with Crippen molar-refractivity contribution < 1.29 is 9.53 Å². The minimum Gasteiger partial charge on any atom is -0.491 e. The van der Waals surface area contributed by atoms with Crippen LogP contribution in [0.15, 0.2) is 42.5 Å². The lowest BCUT2D eigenvalue weighted by Crippen LogP contribution is -2.29. The smallest absolute Gasteiger partial charge is 0.239 e. The number of ether oxygens (including phenoxy) is 1. The molecule has 0 radical (unpaired) electrons. The molecule has 0 aliphatic heterocycles. The largest absolute Gasteiger partial charge is 0.491 e. The normalized spacial score (nSPS) is 10.5. The number of carbonyl (C=O) groups excluding carboxylic acids is 1. The molecule has 2 aromatic carbocycles. The van der Waals surface area contributed by atoms with Gasteiger partial charge in [0.25, 0.3) is 0 Å². The number of halogens is 1. The predicted molar refractivity (Wildman–Crippen MR) is 98.7 cm³/mol. The van der Waals surface area contributed by atoms with Crippen molar-refractivity contribution in [1.82, 2.24) is 5.32 Å². The maximum atomic E-state index is 12.0. The van der Waals surface area contributed by atoms with E-state index in [0.717, 1.165) is 22.6 Å². The van der Waals surface area contributed by atoms with Crippen LogP contribution in [0.4, 0.5) is 5.69 Å². The van der Waals surface area contributed by atoms with Gasteiger partial charge < -0.3 is 15.4 Å². The lowest BCUT2D eigenvalue weighted by atomic mass is 10.2. The van der Waals surface area contributed by atoms with E-state index in [2.05, 4.69) is 10.6 Å². The van der Waals surface area contributed by atoms with Crippen molar-refractivity contribution >= 4 is 23.2 Å². The molecule has 2 aromatic rings. The molecule has 0 aliphatic carbocycles. The van der Waals surface area contributed by atoms with Crippen LogP contribution in [0.3, 0.4) is 0 Å². The second kappa shape index (κ2) is 8.60. The van der Waals surface area contributed by atoms with Gasteiger partial charge in [-0.25, -0.2) is 0 Å². The molecule has 1 amide bonds. The van der Waals surface area contributed by atoms with Crippen molar-refractivity contribution in [3.05, 3.63) is 58.6 Å². The second-order valence-electron chi connectivity index (χ2n) is 5.85. The molecule has 5 heteroatoms. The third-order valence-corrected chi connectivity index (χ3v) is 3.90. The molecular formula is C19H23ClN2O2. The van der Waals surface area contributed by atoms with Crippen LogP contribution in [0.1, 0.15) is 25.0 Å². The molecule has 0 spiro atoms. The highest BCUT2D eigenvalue weighted by molar-refractivity contribution is 6.31. The Balaban J connectivity index is 1.79. The van der Waals surface area contributed by atoms with E-state index in [4.69, 9.17) is 16.3 Å². The van der Waals surface area contributed by atoms with E-state index in [1.165, 1.54) is 0 Å². The molecule has 0 fully saturated rings. The van der Waals surface area contributed by atoms with Gasteiger partial charge in [-0.1, -0.05) is 29.8 Å². The third-order valence-electron chi connectivity index (χ3n) is 3.49. The van der Waals surface area contributed by atoms with Crippen LogP contribution in [0.2, 0.25) is 5.02 Å². The van der Waals surface area contributed by atoms with Crippen molar-refractivity contribution in [1.29, 1.82) is 0 Å². The van der Waals surface area contributed by atoms with Gasteiger partial charge >= 0.3 is 0 Å². The first-order chi connectivity index (χ1) is 11.5. The third kappa shape index (κ3) is 5.46. The summed E-state index contributed by atoms with van der Waals surface area (Å²) in [6.07, 6.45) is 0.150. The van der Waals surface area contributed by atoms with Gasteiger partial charge in [0, 0.05) is 17.3 Å². The Kier molecular flexibility index (Phi) is 6.50. The SMILES string of the molecule is Cc1c(Cl)cccc1NCC(=O)NCc1ccc(OC(C)C)cc1. The molecular weight excluding hydrogens is 324 g/mol. The van der Waals surface area contributed by atoms with Crippen LogP contribution in [-0.2, 0) is 11.3 Å². The van der Waals surface area contributed by atoms with Gasteiger partial charge in [-0.15, -0.1) is 0 Å². The fraction of sp³-hybridized carbons (Fsp3) is 0.316. The first-order valence-electron chi connectivity index (χ1n) is 7.97. The monoisotopic (exact) mass is 346 g/mol. The molecule has 0 heterocycles. The van der Waals surface area contributed by atoms with E-state index in [-0.39, 0.29) is 18.6 Å². The van der Waals surface area contributed by atoms with Crippen LogP contribution >= 0.6 is 11.6 Å². The molecule has 0 atom stereocenters. The maximum absolute atomic E-state index is 12.0. The minimum absolute atomic E-state index is 0.0723. The quantitative estimate of drug-likeness (QED) is 0.791. The fourth-order valence-corrected chi connectivity index (χ4v) is 2.37. The Hall–Kier alpha value is -2.20. The summed E-state index contributed by atoms with van der Waals surface area (Å²) in [7, 11) is 0. The molecule has 0 unspecified atom stereocenters. The molecule has 0 bridgehead atoms. The number of nitrogens with one attached hydrogen (secondary N) is 2. The highest BCUT2D eigenvalue weighted by Gasteiger charge is 2.05. The van der Waals surface area contributed by atoms with Crippen molar-refractivity contribution in [2.45, 2.75) is 33.4 Å². The van der Waals surface area contributed by atoms with Crippen molar-refractivity contribution in [2.75, 3.05) is 11.9 Å². The van der Waals surface area contributed by atoms with E-state index in [9.17, 15) is 4.79 Å². The van der Waals surface area contributed by atoms with Gasteiger partial charge in [-0.3, -0.25) is 4.79 Å². The Bertz CT molecular complexity index is 684. The topological polar surface area (TPSA) is 50.4 Å². The summed E-state index contributed by atoms with van der Waals surface area (Å²) in [5.74, 6) is 0.759. The molecule has 0 aromatic heterocycles. The summed E-state index contributed by atoms with van der Waals surface area (Å²) in [5, 5.41) is 6.68. The Labute approximate surface area is 148 Å². The summed E-state index contributed by atoms with van der Waals surface area (Å²) in [5.41, 5.74) is 2.83. The van der Waals surface area contributed by atoms with Crippen LogP contribution < -0.4 is 15.4 Å². The number of rotatable bonds is 7. The zero-order valence-corrected chi connectivity index (χ0v) is 15.0. The Morgan fingerprint density at radius 3 is 2.54 bits per heavy atom. The highest BCUT2D eigenvalue weighted by atomic mass is 35.5. The highest BCUT2D eigenvalue weighted by Crippen LogP contribution is 2.22. The zero-order valence-electron chi connectivity index (χ0n) is 14.2. The Morgan fingerprint density at radius 2 is 1.88 bits per heavy atom. The number of amides is 1. The van der Waals surface area contributed by atoms with E-state index >= 15 is 0 Å². The minimum atomic E-state index is -0.0723. The van der Waals surface area contributed by atoms with Gasteiger partial charge in [-0.2, -0.15) is 0 Å². The predicted octanol–water partition coefficient (Wildman–Crippen LogP) is 4.16. The van der Waals surface area contributed by atoms with Crippen molar-refractivity contribution in [2.24, 2.45) is 0 Å². The van der Waals surface area contributed by atoms with E-state index in [1.807, 2.05) is 63.2 Å². The van der Waals surface area contributed by atoms with Gasteiger partial charge in [0.2, 0.25) is 5.91 Å². The number of anilines is 1. The van der Waals surface area contributed by atoms with Crippen molar-refractivity contribution in [3.63, 3.8) is 0 Å². The maximum Gasteiger partial charge on any atom is 0.239 e. The average Bonchev–Trinajstić information content (AvgIpc) is 2.55. The molecule has 0 saturated carbocycles. The summed E-state index contributed by atoms with van der Waals surface area (Å²) in [6, 6.07) is 13.3. The fourth-order valence-electron chi connectivity index (χ4n) is 2.20. The zero-order chi connectivity index (χ0) is 17.5. The molecule has 0 aliphatic rings. The van der Waals surface area contributed by atoms with Crippen LogP contribution in [0.5, 0.6) is 5.75 Å². The Morgan fingerprint density at radius 1 is 1.17 bits per heavy atom. The van der Waals surface area contributed by atoms with Gasteiger partial charge in [-0.05, 0) is 56.2 Å². The summed E-state index contributed by atoms with van der Waals surface area (Å²) >= 11 is 6.06. The average molecular weight is 347 g/mol. The van der Waals surface area contributed by atoms with Gasteiger partial charge in [0.1, 0.15) is 5.75 Å². The van der Waals surface area contributed by atoms with E-state index < -0.39 is 0 Å².